The van der Waals surface area contributed by atoms with Gasteiger partial charge in [-0.2, -0.15) is 0 Å². The van der Waals surface area contributed by atoms with Crippen LogP contribution in [0.25, 0.3) is 11.0 Å². The fourth-order valence-corrected chi connectivity index (χ4v) is 3.95. The number of hydrogen-bond acceptors (Lipinski definition) is 3. The minimum absolute atomic E-state index is 0.574. The first-order valence-corrected chi connectivity index (χ1v) is 9.54. The van der Waals surface area contributed by atoms with Crippen molar-refractivity contribution in [2.45, 2.75) is 11.8 Å². The van der Waals surface area contributed by atoms with Crippen LogP contribution >= 0.6 is 0 Å². The Balaban J connectivity index is 1.83. The van der Waals surface area contributed by atoms with Crippen molar-refractivity contribution in [3.8, 4) is 0 Å². The van der Waals surface area contributed by atoms with Crippen molar-refractivity contribution in [2.24, 2.45) is 0 Å². The van der Waals surface area contributed by atoms with E-state index in [9.17, 15) is 5.11 Å². The van der Waals surface area contributed by atoms with Gasteiger partial charge in [0.2, 0.25) is 0 Å². The molecule has 1 N–H and O–H groups in total. The van der Waals surface area contributed by atoms with Crippen LogP contribution in [0.4, 0.5) is 0 Å². The second-order valence-electron chi connectivity index (χ2n) is 7.03. The van der Waals surface area contributed by atoms with Crippen molar-refractivity contribution in [1.82, 2.24) is 19.6 Å². The maximum absolute atomic E-state index is 12.4. The molecule has 1 atom stereocenters. The lowest BCUT2D eigenvalue weighted by molar-refractivity contribution is 0.00491. The number of aromatic nitrogens is 4. The van der Waals surface area contributed by atoms with Crippen LogP contribution in [-0.2, 0) is 5.60 Å². The van der Waals surface area contributed by atoms with Crippen molar-refractivity contribution in [3.63, 3.8) is 0 Å². The molecule has 0 saturated carbocycles. The van der Waals surface area contributed by atoms with E-state index in [-0.39, 0.29) is 0 Å². The third kappa shape index (κ3) is 2.83. The highest BCUT2D eigenvalue weighted by molar-refractivity contribution is 5.74. The Kier molecular flexibility index (Phi) is 4.22. The second-order valence-corrected chi connectivity index (χ2v) is 7.03. The maximum Gasteiger partial charge on any atom is 0.166 e. The SMILES string of the molecule is OC(c1ccccc1)(c1ccccc1)C(n1cccc1)n1nnc2ccccc21. The summed E-state index contributed by atoms with van der Waals surface area (Å²) < 4.78 is 3.77. The molecule has 5 rings (SSSR count). The fourth-order valence-electron chi connectivity index (χ4n) is 3.95. The number of rotatable bonds is 5. The number of nitrogens with zero attached hydrogens (tertiary/aromatic N) is 4. The Bertz CT molecular complexity index is 1170. The van der Waals surface area contributed by atoms with E-state index in [0.29, 0.717) is 0 Å². The Labute approximate surface area is 168 Å². The first kappa shape index (κ1) is 17.4. The number of para-hydroxylation sites is 1. The van der Waals surface area contributed by atoms with E-state index in [4.69, 9.17) is 0 Å². The van der Waals surface area contributed by atoms with E-state index in [1.807, 2.05) is 114 Å². The number of benzene rings is 3. The topological polar surface area (TPSA) is 55.9 Å². The molecule has 0 fully saturated rings. The third-order valence-corrected chi connectivity index (χ3v) is 5.32. The summed E-state index contributed by atoms with van der Waals surface area (Å²) in [6.45, 7) is 0. The van der Waals surface area contributed by atoms with Gasteiger partial charge in [0.1, 0.15) is 5.52 Å². The summed E-state index contributed by atoms with van der Waals surface area (Å²) in [6.07, 6.45) is 3.31. The second kappa shape index (κ2) is 7.04. The highest BCUT2D eigenvalue weighted by atomic mass is 16.3. The zero-order valence-electron chi connectivity index (χ0n) is 15.7. The Hall–Kier alpha value is -3.70. The summed E-state index contributed by atoms with van der Waals surface area (Å²) in [4.78, 5) is 0. The normalized spacial score (nSPS) is 12.9. The molecule has 0 spiro atoms. The number of hydrogen-bond donors (Lipinski definition) is 1. The monoisotopic (exact) mass is 380 g/mol. The van der Waals surface area contributed by atoms with Crippen LogP contribution in [0.3, 0.4) is 0 Å². The molecule has 2 aromatic heterocycles. The summed E-state index contributed by atoms with van der Waals surface area (Å²) in [5.41, 5.74) is 1.83. The molecule has 0 bridgehead atoms. The van der Waals surface area contributed by atoms with Gasteiger partial charge in [0.25, 0.3) is 0 Å². The minimum atomic E-state index is -1.38. The van der Waals surface area contributed by atoms with Gasteiger partial charge in [-0.15, -0.1) is 5.10 Å². The molecule has 0 amide bonds. The molecular formula is C24H20N4O. The molecule has 0 radical (unpaired) electrons. The molecule has 2 heterocycles. The zero-order chi connectivity index (χ0) is 19.7. The predicted octanol–water partition coefficient (Wildman–Crippen LogP) is 4.22. The molecule has 5 aromatic rings. The van der Waals surface area contributed by atoms with Gasteiger partial charge in [0.15, 0.2) is 11.8 Å². The zero-order valence-corrected chi connectivity index (χ0v) is 15.7. The van der Waals surface area contributed by atoms with Gasteiger partial charge in [-0.3, -0.25) is 0 Å². The standard InChI is InChI=1S/C24H20N4O/c29-24(19-11-3-1-4-12-19,20-13-5-2-6-14-20)23(27-17-9-10-18-27)28-22-16-8-7-15-21(22)25-26-28/h1-18,23,29H. The van der Waals surface area contributed by atoms with Crippen LogP contribution in [0.2, 0.25) is 0 Å². The fraction of sp³-hybridized carbons (Fsp3) is 0.0833. The van der Waals surface area contributed by atoms with Crippen molar-refractivity contribution in [1.29, 1.82) is 0 Å². The van der Waals surface area contributed by atoms with E-state index in [1.165, 1.54) is 0 Å². The summed E-state index contributed by atoms with van der Waals surface area (Å²) in [5.74, 6) is 0. The Morgan fingerprint density at radius 1 is 0.690 bits per heavy atom. The largest absolute Gasteiger partial charge is 0.376 e. The maximum atomic E-state index is 12.4. The predicted molar refractivity (Wildman–Crippen MR) is 112 cm³/mol. The van der Waals surface area contributed by atoms with E-state index in [0.717, 1.165) is 22.2 Å². The van der Waals surface area contributed by atoms with E-state index >= 15 is 0 Å². The Morgan fingerprint density at radius 2 is 1.24 bits per heavy atom. The minimum Gasteiger partial charge on any atom is -0.376 e. The van der Waals surface area contributed by atoms with E-state index in [2.05, 4.69) is 10.3 Å². The van der Waals surface area contributed by atoms with Gasteiger partial charge in [0, 0.05) is 12.4 Å². The first-order valence-electron chi connectivity index (χ1n) is 9.54. The lowest BCUT2D eigenvalue weighted by Crippen LogP contribution is -2.42. The Morgan fingerprint density at radius 3 is 1.86 bits per heavy atom. The molecule has 5 heteroatoms. The first-order chi connectivity index (χ1) is 14.3. The highest BCUT2D eigenvalue weighted by Gasteiger charge is 2.43. The van der Waals surface area contributed by atoms with Gasteiger partial charge in [0.05, 0.1) is 5.52 Å². The van der Waals surface area contributed by atoms with Crippen LogP contribution in [-0.4, -0.2) is 24.7 Å². The molecule has 3 aromatic carbocycles. The summed E-state index contributed by atoms with van der Waals surface area (Å²) in [5, 5.41) is 21.2. The summed E-state index contributed by atoms with van der Waals surface area (Å²) in [6, 6.07) is 31.1. The molecule has 0 aliphatic carbocycles. The van der Waals surface area contributed by atoms with Gasteiger partial charge in [-0.05, 0) is 35.4 Å². The molecule has 0 aliphatic rings. The van der Waals surface area contributed by atoms with E-state index < -0.39 is 11.8 Å². The molecule has 1 unspecified atom stereocenters. The summed E-state index contributed by atoms with van der Waals surface area (Å²) in [7, 11) is 0. The number of aliphatic hydroxyl groups is 1. The van der Waals surface area contributed by atoms with Crippen molar-refractivity contribution in [3.05, 3.63) is 121 Å². The molecule has 5 nitrogen and oxygen atoms in total. The molecule has 29 heavy (non-hydrogen) atoms. The van der Waals surface area contributed by atoms with Gasteiger partial charge in [-0.25, -0.2) is 4.68 Å². The van der Waals surface area contributed by atoms with Crippen molar-refractivity contribution in [2.75, 3.05) is 0 Å². The van der Waals surface area contributed by atoms with Gasteiger partial charge < -0.3 is 9.67 Å². The van der Waals surface area contributed by atoms with Crippen LogP contribution < -0.4 is 0 Å². The summed E-state index contributed by atoms with van der Waals surface area (Å²) >= 11 is 0. The van der Waals surface area contributed by atoms with Crippen LogP contribution in [0.5, 0.6) is 0 Å². The molecule has 0 aliphatic heterocycles. The lowest BCUT2D eigenvalue weighted by Gasteiger charge is -2.38. The lowest BCUT2D eigenvalue weighted by atomic mass is 9.83. The highest BCUT2D eigenvalue weighted by Crippen LogP contribution is 2.41. The van der Waals surface area contributed by atoms with Crippen molar-refractivity contribution >= 4 is 11.0 Å². The van der Waals surface area contributed by atoms with Gasteiger partial charge >= 0.3 is 0 Å². The third-order valence-electron chi connectivity index (χ3n) is 5.32. The number of fused-ring (bicyclic) bond motifs is 1. The smallest absolute Gasteiger partial charge is 0.166 e. The van der Waals surface area contributed by atoms with E-state index in [1.54, 1.807) is 4.68 Å². The van der Waals surface area contributed by atoms with Gasteiger partial charge in [-0.1, -0.05) is 78.0 Å². The molecular weight excluding hydrogens is 360 g/mol. The quantitative estimate of drug-likeness (QED) is 0.497. The van der Waals surface area contributed by atoms with Crippen LogP contribution in [0, 0.1) is 0 Å². The molecule has 142 valence electrons. The van der Waals surface area contributed by atoms with Crippen molar-refractivity contribution < 1.29 is 5.11 Å². The average Bonchev–Trinajstić information content (AvgIpc) is 3.46. The molecule has 0 saturated heterocycles. The van der Waals surface area contributed by atoms with Crippen LogP contribution in [0.1, 0.15) is 17.3 Å². The average molecular weight is 380 g/mol. The van der Waals surface area contributed by atoms with Crippen LogP contribution in [0.15, 0.2) is 109 Å².